The summed E-state index contributed by atoms with van der Waals surface area (Å²) in [6.45, 7) is 1.81. The molecule has 0 heterocycles. The Morgan fingerprint density at radius 3 is 2.36 bits per heavy atom. The van der Waals surface area contributed by atoms with Crippen molar-refractivity contribution in [3.05, 3.63) is 62.4 Å². The van der Waals surface area contributed by atoms with Gasteiger partial charge >= 0.3 is 5.69 Å². The van der Waals surface area contributed by atoms with Crippen molar-refractivity contribution in [1.29, 1.82) is 0 Å². The summed E-state index contributed by atoms with van der Waals surface area (Å²) in [6, 6.07) is 7.72. The molecule has 0 unspecified atom stereocenters. The van der Waals surface area contributed by atoms with Crippen LogP contribution in [0.2, 0.25) is 0 Å². The van der Waals surface area contributed by atoms with E-state index in [0.717, 1.165) is 17.7 Å². The molecule has 0 spiro atoms. The van der Waals surface area contributed by atoms with Crippen LogP contribution in [0.1, 0.15) is 5.56 Å². The van der Waals surface area contributed by atoms with E-state index in [1.54, 1.807) is 12.1 Å². The lowest BCUT2D eigenvalue weighted by molar-refractivity contribution is -0.387. The first kappa shape index (κ1) is 16.4. The second-order valence-corrected chi connectivity index (χ2v) is 7.00. The Bertz CT molecular complexity index is 838. The highest BCUT2D eigenvalue weighted by molar-refractivity contribution is 9.10. The van der Waals surface area contributed by atoms with Crippen LogP contribution in [-0.2, 0) is 10.0 Å². The summed E-state index contributed by atoms with van der Waals surface area (Å²) in [7, 11) is -3.93. The Morgan fingerprint density at radius 2 is 1.82 bits per heavy atom. The van der Waals surface area contributed by atoms with E-state index in [4.69, 9.17) is 0 Å². The lowest BCUT2D eigenvalue weighted by Crippen LogP contribution is -2.13. The van der Waals surface area contributed by atoms with Gasteiger partial charge in [-0.05, 0) is 41.1 Å². The fourth-order valence-electron chi connectivity index (χ4n) is 1.68. The zero-order valence-electron chi connectivity index (χ0n) is 11.2. The minimum Gasteiger partial charge on any atom is -0.278 e. The minimum absolute atomic E-state index is 0.00280. The first-order chi connectivity index (χ1) is 10.2. The molecule has 0 saturated carbocycles. The third-order valence-electron chi connectivity index (χ3n) is 2.81. The molecule has 0 aromatic heterocycles. The van der Waals surface area contributed by atoms with Crippen LogP contribution >= 0.6 is 15.9 Å². The predicted octanol–water partition coefficient (Wildman–Crippen LogP) is 3.61. The molecular weight excluding hydrogens is 379 g/mol. The molecule has 0 fully saturated rings. The van der Waals surface area contributed by atoms with E-state index in [2.05, 4.69) is 20.7 Å². The minimum atomic E-state index is -3.93. The molecule has 2 aromatic carbocycles. The number of nitrogens with zero attached hydrogens (tertiary/aromatic N) is 1. The summed E-state index contributed by atoms with van der Waals surface area (Å²) >= 11 is 2.98. The standard InChI is InChI=1S/C13H10BrFN2O4S/c1-8-2-4-9(5-3-8)22(20,21)16-12-7-13(17(18)19)11(15)6-10(12)14/h2-7,16H,1H3. The molecule has 0 radical (unpaired) electrons. The summed E-state index contributed by atoms with van der Waals surface area (Å²) in [5, 5.41) is 10.7. The van der Waals surface area contributed by atoms with Crippen LogP contribution in [0.3, 0.4) is 0 Å². The molecule has 0 atom stereocenters. The molecule has 2 aromatic rings. The predicted molar refractivity (Wildman–Crippen MR) is 82.7 cm³/mol. The van der Waals surface area contributed by atoms with Crippen molar-refractivity contribution in [3.8, 4) is 0 Å². The van der Waals surface area contributed by atoms with Crippen molar-refractivity contribution in [2.75, 3.05) is 4.72 Å². The third-order valence-corrected chi connectivity index (χ3v) is 4.85. The maximum absolute atomic E-state index is 13.4. The molecule has 0 aliphatic carbocycles. The van der Waals surface area contributed by atoms with Gasteiger partial charge in [0.2, 0.25) is 5.82 Å². The van der Waals surface area contributed by atoms with Gasteiger partial charge in [0, 0.05) is 10.5 Å². The van der Waals surface area contributed by atoms with Crippen LogP contribution in [0.25, 0.3) is 0 Å². The van der Waals surface area contributed by atoms with Crippen LogP contribution in [0.15, 0.2) is 45.8 Å². The number of benzene rings is 2. The molecule has 0 aliphatic heterocycles. The molecule has 0 aliphatic rings. The zero-order valence-corrected chi connectivity index (χ0v) is 13.6. The molecule has 0 bridgehead atoms. The van der Waals surface area contributed by atoms with Gasteiger partial charge in [-0.1, -0.05) is 17.7 Å². The number of hydrogen-bond acceptors (Lipinski definition) is 4. The number of nitro groups is 1. The average Bonchev–Trinajstić information content (AvgIpc) is 2.41. The molecule has 1 N–H and O–H groups in total. The quantitative estimate of drug-likeness (QED) is 0.639. The Balaban J connectivity index is 2.43. The lowest BCUT2D eigenvalue weighted by atomic mass is 10.2. The maximum atomic E-state index is 13.4. The van der Waals surface area contributed by atoms with Gasteiger partial charge < -0.3 is 0 Å². The highest BCUT2D eigenvalue weighted by Gasteiger charge is 2.21. The molecule has 9 heteroatoms. The van der Waals surface area contributed by atoms with E-state index >= 15 is 0 Å². The normalized spacial score (nSPS) is 11.2. The number of halogens is 2. The van der Waals surface area contributed by atoms with Crippen molar-refractivity contribution < 1.29 is 17.7 Å². The van der Waals surface area contributed by atoms with Gasteiger partial charge in [0.25, 0.3) is 10.0 Å². The SMILES string of the molecule is Cc1ccc(S(=O)(=O)Nc2cc([N+](=O)[O-])c(F)cc2Br)cc1. The highest BCUT2D eigenvalue weighted by Crippen LogP contribution is 2.31. The van der Waals surface area contributed by atoms with Crippen molar-refractivity contribution >= 4 is 37.3 Å². The van der Waals surface area contributed by atoms with E-state index in [1.807, 2.05) is 6.92 Å². The van der Waals surface area contributed by atoms with Crippen molar-refractivity contribution in [3.63, 3.8) is 0 Å². The molecular formula is C13H10BrFN2O4S. The van der Waals surface area contributed by atoms with E-state index in [-0.39, 0.29) is 15.1 Å². The topological polar surface area (TPSA) is 89.3 Å². The first-order valence-corrected chi connectivity index (χ1v) is 8.21. The fourth-order valence-corrected chi connectivity index (χ4v) is 3.29. The van der Waals surface area contributed by atoms with Gasteiger partial charge in [-0.15, -0.1) is 0 Å². The zero-order chi connectivity index (χ0) is 16.5. The van der Waals surface area contributed by atoms with Crippen molar-refractivity contribution in [2.24, 2.45) is 0 Å². The number of aryl methyl sites for hydroxylation is 1. The summed E-state index contributed by atoms with van der Waals surface area (Å²) in [6.07, 6.45) is 0. The molecule has 116 valence electrons. The van der Waals surface area contributed by atoms with Crippen LogP contribution in [-0.4, -0.2) is 13.3 Å². The van der Waals surface area contributed by atoms with E-state index in [0.29, 0.717) is 0 Å². The molecule has 0 amide bonds. The van der Waals surface area contributed by atoms with Gasteiger partial charge in [0.1, 0.15) is 0 Å². The van der Waals surface area contributed by atoms with E-state index in [1.165, 1.54) is 12.1 Å². The maximum Gasteiger partial charge on any atom is 0.306 e. The Kier molecular flexibility index (Phi) is 4.47. The summed E-state index contributed by atoms with van der Waals surface area (Å²) < 4.78 is 40.2. The lowest BCUT2D eigenvalue weighted by Gasteiger charge is -2.10. The Hall–Kier alpha value is -2.00. The van der Waals surface area contributed by atoms with Crippen LogP contribution in [0, 0.1) is 22.9 Å². The molecule has 6 nitrogen and oxygen atoms in total. The second kappa shape index (κ2) is 6.01. The van der Waals surface area contributed by atoms with Crippen LogP contribution in [0.4, 0.5) is 15.8 Å². The van der Waals surface area contributed by atoms with Gasteiger partial charge in [-0.3, -0.25) is 14.8 Å². The second-order valence-electron chi connectivity index (χ2n) is 4.46. The van der Waals surface area contributed by atoms with Gasteiger partial charge in [-0.2, -0.15) is 4.39 Å². The monoisotopic (exact) mass is 388 g/mol. The van der Waals surface area contributed by atoms with E-state index < -0.39 is 26.5 Å². The molecule has 2 rings (SSSR count). The van der Waals surface area contributed by atoms with Gasteiger partial charge in [0.15, 0.2) is 0 Å². The number of rotatable bonds is 4. The number of hydrogen-bond donors (Lipinski definition) is 1. The summed E-state index contributed by atoms with van der Waals surface area (Å²) in [4.78, 5) is 9.80. The first-order valence-electron chi connectivity index (χ1n) is 5.93. The fraction of sp³-hybridized carbons (Fsp3) is 0.0769. The number of anilines is 1. The smallest absolute Gasteiger partial charge is 0.278 e. The van der Waals surface area contributed by atoms with Crippen LogP contribution < -0.4 is 4.72 Å². The number of sulfonamides is 1. The van der Waals surface area contributed by atoms with Crippen LogP contribution in [0.5, 0.6) is 0 Å². The number of nitrogens with one attached hydrogen (secondary N) is 1. The van der Waals surface area contributed by atoms with E-state index in [9.17, 15) is 22.9 Å². The molecule has 0 saturated heterocycles. The number of nitro benzene ring substituents is 1. The van der Waals surface area contributed by atoms with Crippen molar-refractivity contribution in [2.45, 2.75) is 11.8 Å². The van der Waals surface area contributed by atoms with Crippen molar-refractivity contribution in [1.82, 2.24) is 0 Å². The van der Waals surface area contributed by atoms with Gasteiger partial charge in [-0.25, -0.2) is 8.42 Å². The summed E-state index contributed by atoms with van der Waals surface area (Å²) in [5.41, 5.74) is -0.0453. The largest absolute Gasteiger partial charge is 0.306 e. The Labute approximate surface area is 134 Å². The molecule has 22 heavy (non-hydrogen) atoms. The van der Waals surface area contributed by atoms with Gasteiger partial charge in [0.05, 0.1) is 15.5 Å². The average molecular weight is 389 g/mol. The Morgan fingerprint density at radius 1 is 1.23 bits per heavy atom. The highest BCUT2D eigenvalue weighted by atomic mass is 79.9. The summed E-state index contributed by atoms with van der Waals surface area (Å²) in [5.74, 6) is -1.06. The third kappa shape index (κ3) is 3.42.